The first kappa shape index (κ1) is 16.6. The summed E-state index contributed by atoms with van der Waals surface area (Å²) in [6.45, 7) is 5.48. The van der Waals surface area contributed by atoms with Gasteiger partial charge < -0.3 is 15.0 Å². The Kier molecular flexibility index (Phi) is 7.14. The molecule has 1 aromatic carbocycles. The fourth-order valence-corrected chi connectivity index (χ4v) is 1.83. The predicted molar refractivity (Wildman–Crippen MR) is 78.9 cm³/mol. The zero-order chi connectivity index (χ0) is 15.0. The summed E-state index contributed by atoms with van der Waals surface area (Å²) in [7, 11) is 3.75. The molecule has 112 valence electrons. The van der Waals surface area contributed by atoms with Gasteiger partial charge in [-0.2, -0.15) is 0 Å². The number of methoxy groups -OCH3 is 1. The third-order valence-electron chi connectivity index (χ3n) is 3.23. The standard InChI is InChI=1S/C14H23N3O3/c1-12(15-8-9-16(2)10-11-20-3)13-4-6-14(7-5-13)17(18)19/h4-7,12,15H,8-11H2,1-3H3. The maximum atomic E-state index is 10.6. The van der Waals surface area contributed by atoms with E-state index in [4.69, 9.17) is 4.74 Å². The van der Waals surface area contributed by atoms with Crippen LogP contribution < -0.4 is 5.32 Å². The minimum atomic E-state index is -0.382. The molecule has 20 heavy (non-hydrogen) atoms. The molecule has 0 spiro atoms. The lowest BCUT2D eigenvalue weighted by molar-refractivity contribution is -0.384. The molecular formula is C14H23N3O3. The van der Waals surface area contributed by atoms with Crippen LogP contribution in [-0.4, -0.2) is 50.2 Å². The number of non-ortho nitro benzene ring substituents is 1. The smallest absolute Gasteiger partial charge is 0.269 e. The van der Waals surface area contributed by atoms with Crippen LogP contribution in [0.1, 0.15) is 18.5 Å². The molecular weight excluding hydrogens is 258 g/mol. The van der Waals surface area contributed by atoms with E-state index in [1.54, 1.807) is 19.2 Å². The van der Waals surface area contributed by atoms with Gasteiger partial charge in [-0.15, -0.1) is 0 Å². The number of nitro benzene ring substituents is 1. The number of nitrogens with zero attached hydrogens (tertiary/aromatic N) is 2. The molecule has 1 atom stereocenters. The van der Waals surface area contributed by atoms with E-state index in [2.05, 4.69) is 24.2 Å². The van der Waals surface area contributed by atoms with Crippen LogP contribution in [0.5, 0.6) is 0 Å². The second-order valence-electron chi connectivity index (χ2n) is 4.82. The van der Waals surface area contributed by atoms with Crippen molar-refractivity contribution in [2.45, 2.75) is 13.0 Å². The lowest BCUT2D eigenvalue weighted by Crippen LogP contribution is -2.32. The van der Waals surface area contributed by atoms with Crippen LogP contribution >= 0.6 is 0 Å². The van der Waals surface area contributed by atoms with Gasteiger partial charge in [-0.05, 0) is 19.5 Å². The predicted octanol–water partition coefficient (Wildman–Crippen LogP) is 1.82. The highest BCUT2D eigenvalue weighted by molar-refractivity contribution is 5.33. The minimum Gasteiger partial charge on any atom is -0.383 e. The largest absolute Gasteiger partial charge is 0.383 e. The Labute approximate surface area is 119 Å². The van der Waals surface area contributed by atoms with Crippen LogP contribution in [-0.2, 0) is 4.74 Å². The van der Waals surface area contributed by atoms with Crippen LogP contribution in [0.4, 0.5) is 5.69 Å². The second-order valence-corrected chi connectivity index (χ2v) is 4.82. The highest BCUT2D eigenvalue weighted by Crippen LogP contribution is 2.17. The van der Waals surface area contributed by atoms with E-state index in [0.29, 0.717) is 0 Å². The molecule has 6 nitrogen and oxygen atoms in total. The van der Waals surface area contributed by atoms with Crippen molar-refractivity contribution in [3.8, 4) is 0 Å². The van der Waals surface area contributed by atoms with Crippen LogP contribution in [0.25, 0.3) is 0 Å². The highest BCUT2D eigenvalue weighted by atomic mass is 16.6. The topological polar surface area (TPSA) is 67.6 Å². The zero-order valence-electron chi connectivity index (χ0n) is 12.3. The molecule has 0 radical (unpaired) electrons. The Morgan fingerprint density at radius 1 is 1.35 bits per heavy atom. The molecule has 0 fully saturated rings. The van der Waals surface area contributed by atoms with Crippen molar-refractivity contribution in [2.24, 2.45) is 0 Å². The lowest BCUT2D eigenvalue weighted by Gasteiger charge is -2.19. The Morgan fingerprint density at radius 3 is 2.55 bits per heavy atom. The number of rotatable bonds is 9. The molecule has 0 bridgehead atoms. The first-order valence-corrected chi connectivity index (χ1v) is 6.69. The SMILES string of the molecule is COCCN(C)CCNC(C)c1ccc([N+](=O)[O-])cc1. The van der Waals surface area contributed by atoms with Crippen molar-refractivity contribution in [3.63, 3.8) is 0 Å². The van der Waals surface area contributed by atoms with Crippen LogP contribution in [0, 0.1) is 10.1 Å². The van der Waals surface area contributed by atoms with Crippen LogP contribution in [0.3, 0.4) is 0 Å². The second kappa shape index (κ2) is 8.63. The van der Waals surface area contributed by atoms with Crippen molar-refractivity contribution < 1.29 is 9.66 Å². The summed E-state index contributed by atoms with van der Waals surface area (Å²) in [4.78, 5) is 12.4. The molecule has 0 saturated heterocycles. The zero-order valence-corrected chi connectivity index (χ0v) is 12.3. The van der Waals surface area contributed by atoms with Crippen molar-refractivity contribution in [2.75, 3.05) is 40.4 Å². The number of hydrogen-bond acceptors (Lipinski definition) is 5. The number of ether oxygens (including phenoxy) is 1. The van der Waals surface area contributed by atoms with E-state index in [0.717, 1.165) is 31.8 Å². The molecule has 0 heterocycles. The van der Waals surface area contributed by atoms with Gasteiger partial charge in [0.2, 0.25) is 0 Å². The summed E-state index contributed by atoms with van der Waals surface area (Å²) in [5, 5.41) is 14.0. The third kappa shape index (κ3) is 5.64. The fraction of sp³-hybridized carbons (Fsp3) is 0.571. The van der Waals surface area contributed by atoms with Crippen molar-refractivity contribution >= 4 is 5.69 Å². The maximum Gasteiger partial charge on any atom is 0.269 e. The van der Waals surface area contributed by atoms with Crippen molar-refractivity contribution in [1.82, 2.24) is 10.2 Å². The fourth-order valence-electron chi connectivity index (χ4n) is 1.83. The molecule has 0 aromatic heterocycles. The average Bonchev–Trinajstić information content (AvgIpc) is 2.45. The molecule has 0 amide bonds. The first-order valence-electron chi connectivity index (χ1n) is 6.69. The third-order valence-corrected chi connectivity index (χ3v) is 3.23. The van der Waals surface area contributed by atoms with E-state index in [1.807, 2.05) is 0 Å². The van der Waals surface area contributed by atoms with Crippen molar-refractivity contribution in [3.05, 3.63) is 39.9 Å². The quantitative estimate of drug-likeness (QED) is 0.552. The minimum absolute atomic E-state index is 0.125. The average molecular weight is 281 g/mol. The number of likely N-dealkylation sites (N-methyl/N-ethyl adjacent to an activating group) is 1. The summed E-state index contributed by atoms with van der Waals surface area (Å²) >= 11 is 0. The molecule has 0 saturated carbocycles. The van der Waals surface area contributed by atoms with E-state index in [1.165, 1.54) is 12.1 Å². The summed E-state index contributed by atoms with van der Waals surface area (Å²) < 4.78 is 5.02. The van der Waals surface area contributed by atoms with Gasteiger partial charge in [0.05, 0.1) is 11.5 Å². The molecule has 1 rings (SSSR count). The molecule has 1 aromatic rings. The molecule has 0 aliphatic heterocycles. The molecule has 1 N–H and O–H groups in total. The Balaban J connectivity index is 2.35. The number of benzene rings is 1. The van der Waals surface area contributed by atoms with Gasteiger partial charge >= 0.3 is 0 Å². The van der Waals surface area contributed by atoms with Gasteiger partial charge in [-0.25, -0.2) is 0 Å². The Bertz CT molecular complexity index is 409. The number of nitrogens with one attached hydrogen (secondary N) is 1. The van der Waals surface area contributed by atoms with E-state index >= 15 is 0 Å². The summed E-state index contributed by atoms with van der Waals surface area (Å²) in [6.07, 6.45) is 0. The molecule has 0 aliphatic rings. The van der Waals surface area contributed by atoms with E-state index in [-0.39, 0.29) is 16.7 Å². The van der Waals surface area contributed by atoms with Gasteiger partial charge in [0.1, 0.15) is 0 Å². The van der Waals surface area contributed by atoms with Gasteiger partial charge in [0.25, 0.3) is 5.69 Å². The van der Waals surface area contributed by atoms with Crippen LogP contribution in [0.2, 0.25) is 0 Å². The molecule has 1 unspecified atom stereocenters. The Hall–Kier alpha value is -1.50. The molecule has 0 aliphatic carbocycles. The van der Waals surface area contributed by atoms with E-state index in [9.17, 15) is 10.1 Å². The van der Waals surface area contributed by atoms with Crippen molar-refractivity contribution in [1.29, 1.82) is 0 Å². The number of hydrogen-bond donors (Lipinski definition) is 1. The normalized spacial score (nSPS) is 12.6. The van der Waals surface area contributed by atoms with Gasteiger partial charge in [-0.3, -0.25) is 10.1 Å². The van der Waals surface area contributed by atoms with E-state index < -0.39 is 0 Å². The van der Waals surface area contributed by atoms with Gasteiger partial charge in [0, 0.05) is 44.9 Å². The summed E-state index contributed by atoms with van der Waals surface area (Å²) in [6, 6.07) is 6.84. The van der Waals surface area contributed by atoms with Crippen LogP contribution in [0.15, 0.2) is 24.3 Å². The monoisotopic (exact) mass is 281 g/mol. The highest BCUT2D eigenvalue weighted by Gasteiger charge is 2.08. The Morgan fingerprint density at radius 2 is 2.00 bits per heavy atom. The lowest BCUT2D eigenvalue weighted by atomic mass is 10.1. The number of nitro groups is 1. The maximum absolute atomic E-state index is 10.6. The summed E-state index contributed by atoms with van der Waals surface area (Å²) in [5.74, 6) is 0. The first-order chi connectivity index (χ1) is 9.54. The summed E-state index contributed by atoms with van der Waals surface area (Å²) in [5.41, 5.74) is 1.18. The molecule has 6 heteroatoms. The van der Waals surface area contributed by atoms with Gasteiger partial charge in [0.15, 0.2) is 0 Å². The van der Waals surface area contributed by atoms with Gasteiger partial charge in [-0.1, -0.05) is 12.1 Å².